The molecule has 0 spiro atoms. The molecule has 0 heterocycles. The SMILES string of the molecule is Cc1cc(Pc2ccccc2C=O)c(OCc2ccccc2)c(C(C)(C)C)c1. The smallest absolute Gasteiger partial charge is 0.150 e. The lowest BCUT2D eigenvalue weighted by atomic mass is 9.85. The molecule has 1 atom stereocenters. The van der Waals surface area contributed by atoms with Gasteiger partial charge in [0.25, 0.3) is 0 Å². The second-order valence-electron chi connectivity index (χ2n) is 8.04. The molecular weight excluding hydrogens is 363 g/mol. The van der Waals surface area contributed by atoms with Crippen LogP contribution in [0.4, 0.5) is 0 Å². The first-order chi connectivity index (χ1) is 13.4. The third kappa shape index (κ3) is 4.88. The predicted octanol–water partition coefficient (Wildman–Crippen LogP) is 5.31. The number of carbonyl (C=O) groups is 1. The zero-order valence-electron chi connectivity index (χ0n) is 17.0. The van der Waals surface area contributed by atoms with E-state index in [0.29, 0.717) is 15.2 Å². The number of carbonyl (C=O) groups excluding carboxylic acids is 1. The molecule has 0 saturated carbocycles. The molecule has 1 unspecified atom stereocenters. The Labute approximate surface area is 169 Å². The van der Waals surface area contributed by atoms with Crippen LogP contribution in [0.1, 0.15) is 47.8 Å². The van der Waals surface area contributed by atoms with Crippen LogP contribution in [0.15, 0.2) is 66.7 Å². The Kier molecular flexibility index (Phi) is 6.31. The van der Waals surface area contributed by atoms with Crippen molar-refractivity contribution in [2.45, 2.75) is 39.7 Å². The van der Waals surface area contributed by atoms with Crippen molar-refractivity contribution in [3.8, 4) is 5.75 Å². The summed E-state index contributed by atoms with van der Waals surface area (Å²) in [5.41, 5.74) is 4.26. The minimum Gasteiger partial charge on any atom is -0.488 e. The van der Waals surface area contributed by atoms with E-state index in [9.17, 15) is 4.79 Å². The molecule has 0 N–H and O–H groups in total. The number of aldehydes is 1. The molecule has 0 bridgehead atoms. The minimum atomic E-state index is -0.0402. The molecule has 3 rings (SSSR count). The third-order valence-electron chi connectivity index (χ3n) is 4.62. The monoisotopic (exact) mass is 390 g/mol. The quantitative estimate of drug-likeness (QED) is 0.421. The fourth-order valence-electron chi connectivity index (χ4n) is 3.17. The molecule has 3 heteroatoms. The van der Waals surface area contributed by atoms with Gasteiger partial charge in [-0.05, 0) is 34.8 Å². The van der Waals surface area contributed by atoms with Gasteiger partial charge in [0.1, 0.15) is 12.4 Å². The van der Waals surface area contributed by atoms with Crippen molar-refractivity contribution in [2.75, 3.05) is 0 Å². The number of hydrogen-bond acceptors (Lipinski definition) is 2. The van der Waals surface area contributed by atoms with Crippen molar-refractivity contribution in [2.24, 2.45) is 0 Å². The van der Waals surface area contributed by atoms with Gasteiger partial charge in [0.15, 0.2) is 6.29 Å². The molecule has 2 nitrogen and oxygen atoms in total. The number of rotatable bonds is 6. The van der Waals surface area contributed by atoms with Crippen LogP contribution in [0.2, 0.25) is 0 Å². The van der Waals surface area contributed by atoms with Crippen molar-refractivity contribution in [3.63, 3.8) is 0 Å². The first-order valence-electron chi connectivity index (χ1n) is 9.51. The van der Waals surface area contributed by atoms with Gasteiger partial charge in [-0.2, -0.15) is 0 Å². The number of hydrogen-bond donors (Lipinski definition) is 0. The van der Waals surface area contributed by atoms with Gasteiger partial charge in [0.2, 0.25) is 0 Å². The Hall–Kier alpha value is -2.44. The molecule has 0 aliphatic heterocycles. The van der Waals surface area contributed by atoms with Crippen molar-refractivity contribution in [1.29, 1.82) is 0 Å². The van der Waals surface area contributed by atoms with Gasteiger partial charge in [0, 0.05) is 16.4 Å². The van der Waals surface area contributed by atoms with Gasteiger partial charge in [-0.3, -0.25) is 4.79 Å². The van der Waals surface area contributed by atoms with Crippen LogP contribution in [0.25, 0.3) is 0 Å². The van der Waals surface area contributed by atoms with Crippen LogP contribution in [0.3, 0.4) is 0 Å². The van der Waals surface area contributed by atoms with Crippen LogP contribution < -0.4 is 15.3 Å². The van der Waals surface area contributed by atoms with Crippen molar-refractivity contribution in [1.82, 2.24) is 0 Å². The highest BCUT2D eigenvalue weighted by Crippen LogP contribution is 2.35. The molecule has 0 fully saturated rings. The summed E-state index contributed by atoms with van der Waals surface area (Å²) in [6, 6.07) is 22.4. The summed E-state index contributed by atoms with van der Waals surface area (Å²) >= 11 is 0. The average Bonchev–Trinajstić information content (AvgIpc) is 2.67. The summed E-state index contributed by atoms with van der Waals surface area (Å²) in [6.45, 7) is 9.28. The summed E-state index contributed by atoms with van der Waals surface area (Å²) in [6.07, 6.45) is 0.938. The van der Waals surface area contributed by atoms with Crippen LogP contribution >= 0.6 is 8.58 Å². The van der Waals surface area contributed by atoms with Crippen molar-refractivity contribution in [3.05, 3.63) is 89.0 Å². The van der Waals surface area contributed by atoms with Gasteiger partial charge in [-0.25, -0.2) is 0 Å². The zero-order valence-corrected chi connectivity index (χ0v) is 18.0. The second-order valence-corrected chi connectivity index (χ2v) is 9.37. The van der Waals surface area contributed by atoms with Gasteiger partial charge in [0.05, 0.1) is 0 Å². The fourth-order valence-corrected chi connectivity index (χ4v) is 4.54. The van der Waals surface area contributed by atoms with Crippen LogP contribution in [0.5, 0.6) is 5.75 Å². The highest BCUT2D eigenvalue weighted by Gasteiger charge is 2.23. The Morgan fingerprint density at radius 3 is 2.29 bits per heavy atom. The lowest BCUT2D eigenvalue weighted by Crippen LogP contribution is -2.20. The van der Waals surface area contributed by atoms with Gasteiger partial charge < -0.3 is 4.74 Å². The van der Waals surface area contributed by atoms with E-state index in [1.807, 2.05) is 42.5 Å². The van der Waals surface area contributed by atoms with E-state index in [0.717, 1.165) is 33.8 Å². The average molecular weight is 390 g/mol. The summed E-state index contributed by atoms with van der Waals surface area (Å²) in [4.78, 5) is 11.5. The van der Waals surface area contributed by atoms with E-state index in [1.165, 1.54) is 11.1 Å². The van der Waals surface area contributed by atoms with E-state index in [-0.39, 0.29) is 5.41 Å². The minimum absolute atomic E-state index is 0.0402. The molecule has 3 aromatic carbocycles. The molecule has 0 aliphatic rings. The largest absolute Gasteiger partial charge is 0.488 e. The van der Waals surface area contributed by atoms with E-state index in [2.05, 4.69) is 52.0 Å². The second kappa shape index (κ2) is 8.71. The summed E-state index contributed by atoms with van der Waals surface area (Å²) in [5.74, 6) is 0.945. The number of aryl methyl sites for hydroxylation is 1. The molecule has 0 aromatic heterocycles. The first kappa shape index (κ1) is 20.3. The predicted molar refractivity (Wildman–Crippen MR) is 120 cm³/mol. The van der Waals surface area contributed by atoms with Crippen LogP contribution in [0, 0.1) is 6.92 Å². The fraction of sp³-hybridized carbons (Fsp3) is 0.240. The number of ether oxygens (including phenoxy) is 1. The summed E-state index contributed by atoms with van der Waals surface area (Å²) in [5, 5.41) is 2.20. The standard InChI is InChI=1S/C25H27O2P/c1-18-14-21(25(2,3)4)24(27-17-19-10-6-5-7-11-19)23(15-18)28-22-13-9-8-12-20(22)16-26/h5-16,28H,17H2,1-4H3. The molecule has 28 heavy (non-hydrogen) atoms. The normalized spacial score (nSPS) is 11.7. The third-order valence-corrected chi connectivity index (χ3v) is 5.99. The lowest BCUT2D eigenvalue weighted by Gasteiger charge is -2.26. The molecular formula is C25H27O2P. The van der Waals surface area contributed by atoms with Crippen molar-refractivity contribution >= 4 is 25.5 Å². The Balaban J connectivity index is 2.04. The zero-order chi connectivity index (χ0) is 20.1. The molecule has 3 aromatic rings. The highest BCUT2D eigenvalue weighted by molar-refractivity contribution is 7.56. The maximum absolute atomic E-state index is 11.5. The van der Waals surface area contributed by atoms with E-state index in [1.54, 1.807) is 0 Å². The molecule has 0 radical (unpaired) electrons. The summed E-state index contributed by atoms with van der Waals surface area (Å²) < 4.78 is 6.40. The first-order valence-corrected chi connectivity index (χ1v) is 10.5. The Morgan fingerprint density at radius 1 is 0.929 bits per heavy atom. The van der Waals surface area contributed by atoms with Gasteiger partial charge >= 0.3 is 0 Å². The van der Waals surface area contributed by atoms with Gasteiger partial charge in [-0.1, -0.05) is 90.0 Å². The van der Waals surface area contributed by atoms with E-state index in [4.69, 9.17) is 4.74 Å². The Bertz CT molecular complexity index is 956. The molecule has 144 valence electrons. The maximum atomic E-state index is 11.5. The molecule has 0 aliphatic carbocycles. The molecule has 0 saturated heterocycles. The Morgan fingerprint density at radius 2 is 1.61 bits per heavy atom. The van der Waals surface area contributed by atoms with E-state index < -0.39 is 0 Å². The topological polar surface area (TPSA) is 26.3 Å². The van der Waals surface area contributed by atoms with Crippen molar-refractivity contribution < 1.29 is 9.53 Å². The maximum Gasteiger partial charge on any atom is 0.150 e. The van der Waals surface area contributed by atoms with Crippen LogP contribution in [-0.2, 0) is 12.0 Å². The van der Waals surface area contributed by atoms with Gasteiger partial charge in [-0.15, -0.1) is 0 Å². The molecule has 0 amide bonds. The number of benzene rings is 3. The highest BCUT2D eigenvalue weighted by atomic mass is 31.1. The lowest BCUT2D eigenvalue weighted by molar-refractivity contribution is 0.112. The summed E-state index contributed by atoms with van der Waals surface area (Å²) in [7, 11) is 0.364. The van der Waals surface area contributed by atoms with E-state index >= 15 is 0 Å². The van der Waals surface area contributed by atoms with Crippen LogP contribution in [-0.4, -0.2) is 6.29 Å².